The van der Waals surface area contributed by atoms with E-state index in [9.17, 15) is 5.11 Å². The monoisotopic (exact) mass is 190 g/mol. The van der Waals surface area contributed by atoms with Crippen LogP contribution in [0.1, 0.15) is 47.6 Å². The highest BCUT2D eigenvalue weighted by Gasteiger charge is 2.16. The van der Waals surface area contributed by atoms with Crippen molar-refractivity contribution in [3.63, 3.8) is 0 Å². The fourth-order valence-electron chi connectivity index (χ4n) is 2.23. The fraction of sp³-hybridized carbons (Fsp3) is 0.538. The summed E-state index contributed by atoms with van der Waals surface area (Å²) in [6.07, 6.45) is 4.19. The lowest BCUT2D eigenvalue weighted by molar-refractivity contribution is 0.166. The summed E-state index contributed by atoms with van der Waals surface area (Å²) in [4.78, 5) is 0. The Morgan fingerprint density at radius 2 is 1.86 bits per heavy atom. The minimum Gasteiger partial charge on any atom is -0.388 e. The molecule has 0 bridgehead atoms. The maximum atomic E-state index is 9.96. The molecule has 0 radical (unpaired) electrons. The van der Waals surface area contributed by atoms with E-state index in [1.54, 1.807) is 0 Å². The average molecular weight is 190 g/mol. The van der Waals surface area contributed by atoms with Gasteiger partial charge in [0, 0.05) is 0 Å². The number of hydrogen-bond acceptors (Lipinski definition) is 1. The first-order valence-electron chi connectivity index (χ1n) is 5.46. The average Bonchev–Trinajstić information content (AvgIpc) is 2.31. The van der Waals surface area contributed by atoms with Gasteiger partial charge in [-0.25, -0.2) is 0 Å². The van der Waals surface area contributed by atoms with Crippen LogP contribution in [0.5, 0.6) is 0 Å². The van der Waals surface area contributed by atoms with Crippen molar-refractivity contribution in [3.8, 4) is 0 Å². The van der Waals surface area contributed by atoms with Gasteiger partial charge in [-0.3, -0.25) is 0 Å². The van der Waals surface area contributed by atoms with Gasteiger partial charge in [-0.15, -0.1) is 0 Å². The second-order valence-electron chi connectivity index (χ2n) is 4.40. The van der Waals surface area contributed by atoms with E-state index in [-0.39, 0.29) is 6.10 Å². The third kappa shape index (κ3) is 1.69. The molecule has 1 unspecified atom stereocenters. The molecule has 14 heavy (non-hydrogen) atoms. The third-order valence-corrected chi connectivity index (χ3v) is 3.29. The molecule has 1 aliphatic rings. The summed E-state index contributed by atoms with van der Waals surface area (Å²) in [5, 5.41) is 9.96. The predicted molar refractivity (Wildman–Crippen MR) is 58.4 cm³/mol. The lowest BCUT2D eigenvalue weighted by Gasteiger charge is -2.14. The quantitative estimate of drug-likeness (QED) is 0.623. The molecule has 1 heteroatoms. The normalized spacial score (nSPS) is 21.5. The molecule has 0 aliphatic heterocycles. The molecular weight excluding hydrogens is 172 g/mol. The SMILES string of the molecule is Cc1cc2c(cc1C)C(O)CCCC2. The summed E-state index contributed by atoms with van der Waals surface area (Å²) in [5.74, 6) is 0. The van der Waals surface area contributed by atoms with Gasteiger partial charge < -0.3 is 5.11 Å². The van der Waals surface area contributed by atoms with Crippen LogP contribution in [-0.2, 0) is 6.42 Å². The van der Waals surface area contributed by atoms with Crippen molar-refractivity contribution in [1.29, 1.82) is 0 Å². The number of aryl methyl sites for hydroxylation is 3. The highest BCUT2D eigenvalue weighted by Crippen LogP contribution is 2.30. The van der Waals surface area contributed by atoms with E-state index < -0.39 is 0 Å². The van der Waals surface area contributed by atoms with Gasteiger partial charge in [0.1, 0.15) is 0 Å². The van der Waals surface area contributed by atoms with Crippen molar-refractivity contribution >= 4 is 0 Å². The van der Waals surface area contributed by atoms with Crippen LogP contribution in [0.25, 0.3) is 0 Å². The zero-order valence-corrected chi connectivity index (χ0v) is 9.01. The highest BCUT2D eigenvalue weighted by molar-refractivity contribution is 5.39. The van der Waals surface area contributed by atoms with Gasteiger partial charge in [-0.2, -0.15) is 0 Å². The maximum Gasteiger partial charge on any atom is 0.0792 e. The van der Waals surface area contributed by atoms with Gasteiger partial charge in [-0.1, -0.05) is 18.6 Å². The topological polar surface area (TPSA) is 20.2 Å². The zero-order chi connectivity index (χ0) is 10.1. The Labute approximate surface area is 85.8 Å². The van der Waals surface area contributed by atoms with E-state index in [1.165, 1.54) is 28.7 Å². The Morgan fingerprint density at radius 1 is 1.14 bits per heavy atom. The Kier molecular flexibility index (Phi) is 2.60. The number of benzene rings is 1. The molecule has 0 spiro atoms. The van der Waals surface area contributed by atoms with Gasteiger partial charge in [0.2, 0.25) is 0 Å². The largest absolute Gasteiger partial charge is 0.388 e. The first-order valence-corrected chi connectivity index (χ1v) is 5.46. The molecule has 1 aliphatic carbocycles. The predicted octanol–water partition coefficient (Wildman–Crippen LogP) is 3.06. The highest BCUT2D eigenvalue weighted by atomic mass is 16.3. The molecule has 1 nitrogen and oxygen atoms in total. The van der Waals surface area contributed by atoms with Gasteiger partial charge >= 0.3 is 0 Å². The molecule has 1 atom stereocenters. The van der Waals surface area contributed by atoms with E-state index in [0.29, 0.717) is 0 Å². The number of hydrogen-bond donors (Lipinski definition) is 1. The molecule has 0 fully saturated rings. The minimum absolute atomic E-state index is 0.230. The second-order valence-corrected chi connectivity index (χ2v) is 4.40. The van der Waals surface area contributed by atoms with Crippen LogP contribution in [0.2, 0.25) is 0 Å². The summed E-state index contributed by atoms with van der Waals surface area (Å²) in [6.45, 7) is 4.26. The smallest absolute Gasteiger partial charge is 0.0792 e. The van der Waals surface area contributed by atoms with E-state index in [0.717, 1.165) is 19.3 Å². The first kappa shape index (κ1) is 9.72. The zero-order valence-electron chi connectivity index (χ0n) is 9.01. The van der Waals surface area contributed by atoms with E-state index in [4.69, 9.17) is 0 Å². The summed E-state index contributed by atoms with van der Waals surface area (Å²) in [7, 11) is 0. The number of fused-ring (bicyclic) bond motifs is 1. The number of aliphatic hydroxyl groups excluding tert-OH is 1. The van der Waals surface area contributed by atoms with E-state index >= 15 is 0 Å². The Morgan fingerprint density at radius 3 is 2.64 bits per heavy atom. The molecule has 0 saturated carbocycles. The van der Waals surface area contributed by atoms with Crippen LogP contribution in [0.4, 0.5) is 0 Å². The molecular formula is C13H18O. The van der Waals surface area contributed by atoms with Crippen molar-refractivity contribution in [2.45, 2.75) is 45.6 Å². The maximum absolute atomic E-state index is 9.96. The third-order valence-electron chi connectivity index (χ3n) is 3.29. The molecule has 1 aromatic rings. The molecule has 0 amide bonds. The van der Waals surface area contributed by atoms with Gasteiger partial charge in [-0.05, 0) is 55.4 Å². The molecule has 0 saturated heterocycles. The van der Waals surface area contributed by atoms with Crippen molar-refractivity contribution in [3.05, 3.63) is 34.4 Å². The first-order chi connectivity index (χ1) is 6.68. The molecule has 0 heterocycles. The summed E-state index contributed by atoms with van der Waals surface area (Å²) >= 11 is 0. The van der Waals surface area contributed by atoms with Crippen LogP contribution in [0.15, 0.2) is 12.1 Å². The van der Waals surface area contributed by atoms with Crippen LogP contribution >= 0.6 is 0 Å². The van der Waals surface area contributed by atoms with Crippen LogP contribution < -0.4 is 0 Å². The Hall–Kier alpha value is -0.820. The standard InChI is InChI=1S/C13H18O/c1-9-7-11-5-3-4-6-13(14)12(11)8-10(9)2/h7-8,13-14H,3-6H2,1-2H3. The molecule has 1 aromatic carbocycles. The van der Waals surface area contributed by atoms with Gasteiger partial charge in [0.25, 0.3) is 0 Å². The summed E-state index contributed by atoms with van der Waals surface area (Å²) < 4.78 is 0. The van der Waals surface area contributed by atoms with Crippen molar-refractivity contribution in [2.24, 2.45) is 0 Å². The Balaban J connectivity index is 2.49. The van der Waals surface area contributed by atoms with E-state index in [1.807, 2.05) is 0 Å². The van der Waals surface area contributed by atoms with Crippen LogP contribution in [-0.4, -0.2) is 5.11 Å². The van der Waals surface area contributed by atoms with Crippen molar-refractivity contribution in [1.82, 2.24) is 0 Å². The molecule has 76 valence electrons. The van der Waals surface area contributed by atoms with Gasteiger partial charge in [0.15, 0.2) is 0 Å². The number of rotatable bonds is 0. The van der Waals surface area contributed by atoms with Crippen LogP contribution in [0, 0.1) is 13.8 Å². The molecule has 2 rings (SSSR count). The van der Waals surface area contributed by atoms with Crippen LogP contribution in [0.3, 0.4) is 0 Å². The summed E-state index contributed by atoms with van der Waals surface area (Å²) in [6, 6.07) is 4.42. The van der Waals surface area contributed by atoms with Crippen molar-refractivity contribution < 1.29 is 5.11 Å². The summed E-state index contributed by atoms with van der Waals surface area (Å²) in [5.41, 5.74) is 5.17. The minimum atomic E-state index is -0.230. The number of aliphatic hydroxyl groups is 1. The Bertz CT molecular complexity index is 341. The molecule has 1 N–H and O–H groups in total. The van der Waals surface area contributed by atoms with Gasteiger partial charge in [0.05, 0.1) is 6.10 Å². The molecule has 0 aromatic heterocycles. The second kappa shape index (κ2) is 3.74. The lowest BCUT2D eigenvalue weighted by Crippen LogP contribution is -2.00. The van der Waals surface area contributed by atoms with Crippen molar-refractivity contribution in [2.75, 3.05) is 0 Å². The van der Waals surface area contributed by atoms with E-state index in [2.05, 4.69) is 26.0 Å². The fourth-order valence-corrected chi connectivity index (χ4v) is 2.23. The lowest BCUT2D eigenvalue weighted by atomic mass is 9.95.